The van der Waals surface area contributed by atoms with Gasteiger partial charge in [-0.1, -0.05) is 17.7 Å². The maximum atomic E-state index is 6.44. The van der Waals surface area contributed by atoms with Crippen LogP contribution in [0.2, 0.25) is 5.15 Å². The number of nitrogens with zero attached hydrogens (tertiary/aromatic N) is 3. The van der Waals surface area contributed by atoms with Crippen molar-refractivity contribution < 1.29 is 9.47 Å². The average molecular weight is 360 g/mol. The van der Waals surface area contributed by atoms with E-state index >= 15 is 0 Å². The van der Waals surface area contributed by atoms with Crippen LogP contribution in [-0.2, 0) is 22.3 Å². The maximum Gasteiger partial charge on any atom is 0.163 e. The lowest BCUT2D eigenvalue weighted by atomic mass is 10.1. The Morgan fingerprint density at radius 1 is 1.28 bits per heavy atom. The maximum absolute atomic E-state index is 6.44. The summed E-state index contributed by atoms with van der Waals surface area (Å²) in [6.07, 6.45) is 7.82. The van der Waals surface area contributed by atoms with Gasteiger partial charge in [0.25, 0.3) is 0 Å². The van der Waals surface area contributed by atoms with Crippen molar-refractivity contribution in [3.05, 3.63) is 35.4 Å². The van der Waals surface area contributed by atoms with Gasteiger partial charge in [-0.3, -0.25) is 0 Å². The van der Waals surface area contributed by atoms with Gasteiger partial charge in [0.15, 0.2) is 5.79 Å². The zero-order valence-corrected chi connectivity index (χ0v) is 15.3. The standard InChI is InChI=1S/C19H22ClN3O2/c1-4-10-8-13(16-15(10)24-19(2,3)25-16)23-12-7-5-6-11(12)14-17(20)21-9-22-18(14)23/h4,9-10,13,15-16H,1,5-8H2,2-3H3/t10-,13+,15+,16-/m0/s1. The molecule has 2 aromatic rings. The van der Waals surface area contributed by atoms with Crippen LogP contribution in [0.25, 0.3) is 11.0 Å². The SMILES string of the molecule is C=C[C@H]1C[C@@H](n2c3c(c4c(Cl)ncnc42)CCC3)[C@@H]2OC(C)(C)O[C@@H]21. The smallest absolute Gasteiger partial charge is 0.163 e. The molecule has 0 unspecified atom stereocenters. The number of aromatic nitrogens is 3. The van der Waals surface area contributed by atoms with Gasteiger partial charge in [0.1, 0.15) is 23.2 Å². The molecular formula is C19H22ClN3O2. The van der Waals surface area contributed by atoms with Crippen molar-refractivity contribution >= 4 is 22.6 Å². The lowest BCUT2D eigenvalue weighted by Gasteiger charge is -2.25. The highest BCUT2D eigenvalue weighted by Crippen LogP contribution is 2.50. The molecule has 25 heavy (non-hydrogen) atoms. The third-order valence-electron chi connectivity index (χ3n) is 5.90. The first-order valence-corrected chi connectivity index (χ1v) is 9.38. The summed E-state index contributed by atoms with van der Waals surface area (Å²) in [5.74, 6) is -0.280. The lowest BCUT2D eigenvalue weighted by Crippen LogP contribution is -2.28. The zero-order chi connectivity index (χ0) is 17.3. The first kappa shape index (κ1) is 15.8. The summed E-state index contributed by atoms with van der Waals surface area (Å²) >= 11 is 6.44. The minimum atomic E-state index is -0.561. The Kier molecular flexibility index (Phi) is 3.34. The van der Waals surface area contributed by atoms with E-state index in [1.54, 1.807) is 6.33 Å². The van der Waals surface area contributed by atoms with Gasteiger partial charge >= 0.3 is 0 Å². The van der Waals surface area contributed by atoms with Gasteiger partial charge in [-0.15, -0.1) is 6.58 Å². The predicted molar refractivity (Wildman–Crippen MR) is 95.7 cm³/mol. The van der Waals surface area contributed by atoms with Gasteiger partial charge in [0.05, 0.1) is 17.5 Å². The second-order valence-electron chi connectivity index (χ2n) is 7.78. The fourth-order valence-corrected chi connectivity index (χ4v) is 5.26. The summed E-state index contributed by atoms with van der Waals surface area (Å²) in [5, 5.41) is 1.58. The lowest BCUT2D eigenvalue weighted by molar-refractivity contribution is -0.158. The molecule has 4 atom stereocenters. The first-order chi connectivity index (χ1) is 12.0. The molecule has 0 aromatic carbocycles. The normalized spacial score (nSPS) is 32.9. The fourth-order valence-electron chi connectivity index (χ4n) is 5.02. The molecule has 0 radical (unpaired) electrons. The molecule has 2 aliphatic carbocycles. The number of ether oxygens (including phenoxy) is 2. The predicted octanol–water partition coefficient (Wildman–Crippen LogP) is 3.84. The molecule has 5 rings (SSSR count). The minimum absolute atomic E-state index is 0.00652. The number of aryl methyl sites for hydroxylation is 1. The summed E-state index contributed by atoms with van der Waals surface area (Å²) in [7, 11) is 0. The van der Waals surface area contributed by atoms with Crippen molar-refractivity contribution in [1.29, 1.82) is 0 Å². The van der Waals surface area contributed by atoms with Gasteiger partial charge in [-0.25, -0.2) is 9.97 Å². The molecule has 132 valence electrons. The quantitative estimate of drug-likeness (QED) is 0.603. The van der Waals surface area contributed by atoms with E-state index in [1.165, 1.54) is 11.3 Å². The summed E-state index contributed by atoms with van der Waals surface area (Å²) in [6, 6.07) is 0.185. The summed E-state index contributed by atoms with van der Waals surface area (Å²) in [5.41, 5.74) is 3.60. The molecule has 0 N–H and O–H groups in total. The number of hydrogen-bond acceptors (Lipinski definition) is 4. The highest BCUT2D eigenvalue weighted by Gasteiger charge is 2.54. The van der Waals surface area contributed by atoms with Gasteiger partial charge < -0.3 is 14.0 Å². The minimum Gasteiger partial charge on any atom is -0.344 e. The van der Waals surface area contributed by atoms with Crippen LogP contribution in [-0.4, -0.2) is 32.5 Å². The van der Waals surface area contributed by atoms with Crippen LogP contribution in [0.5, 0.6) is 0 Å². The van der Waals surface area contributed by atoms with Crippen molar-refractivity contribution in [2.45, 2.75) is 63.6 Å². The van der Waals surface area contributed by atoms with E-state index in [2.05, 4.69) is 21.1 Å². The zero-order valence-electron chi connectivity index (χ0n) is 14.5. The molecule has 0 amide bonds. The Morgan fingerprint density at radius 2 is 2.08 bits per heavy atom. The largest absolute Gasteiger partial charge is 0.344 e. The second kappa shape index (κ2) is 5.29. The molecule has 5 nitrogen and oxygen atoms in total. The van der Waals surface area contributed by atoms with Crippen LogP contribution >= 0.6 is 11.6 Å². The van der Waals surface area contributed by atoms with Crippen molar-refractivity contribution in [1.82, 2.24) is 14.5 Å². The van der Waals surface area contributed by atoms with Crippen molar-refractivity contribution in [3.8, 4) is 0 Å². The molecule has 6 heteroatoms. The Bertz CT molecular complexity index is 875. The molecule has 3 heterocycles. The molecule has 0 bridgehead atoms. The van der Waals surface area contributed by atoms with E-state index in [0.717, 1.165) is 36.7 Å². The third-order valence-corrected chi connectivity index (χ3v) is 6.19. The molecule has 2 fully saturated rings. The van der Waals surface area contributed by atoms with Crippen molar-refractivity contribution in [2.24, 2.45) is 5.92 Å². The molecule has 1 saturated heterocycles. The van der Waals surface area contributed by atoms with E-state index in [-0.39, 0.29) is 24.2 Å². The highest BCUT2D eigenvalue weighted by molar-refractivity contribution is 6.34. The van der Waals surface area contributed by atoms with Gasteiger partial charge in [0, 0.05) is 11.6 Å². The molecule has 3 aliphatic rings. The van der Waals surface area contributed by atoms with Gasteiger partial charge in [0.2, 0.25) is 0 Å². The Balaban J connectivity index is 1.69. The first-order valence-electron chi connectivity index (χ1n) is 9.00. The van der Waals surface area contributed by atoms with Crippen LogP contribution in [0, 0.1) is 5.92 Å². The van der Waals surface area contributed by atoms with E-state index in [9.17, 15) is 0 Å². The van der Waals surface area contributed by atoms with E-state index in [4.69, 9.17) is 21.1 Å². The molecule has 2 aromatic heterocycles. The summed E-state index contributed by atoms with van der Waals surface area (Å²) < 4.78 is 14.9. The second-order valence-corrected chi connectivity index (χ2v) is 8.14. The summed E-state index contributed by atoms with van der Waals surface area (Å²) in [4.78, 5) is 8.81. The van der Waals surface area contributed by atoms with Crippen LogP contribution in [0.15, 0.2) is 19.0 Å². The Hall–Kier alpha value is -1.43. The number of fused-ring (bicyclic) bond motifs is 4. The van der Waals surface area contributed by atoms with E-state index in [1.807, 2.05) is 19.9 Å². The van der Waals surface area contributed by atoms with Crippen LogP contribution in [0.4, 0.5) is 0 Å². The third kappa shape index (κ3) is 2.15. The number of rotatable bonds is 2. The van der Waals surface area contributed by atoms with E-state index < -0.39 is 5.79 Å². The topological polar surface area (TPSA) is 49.2 Å². The average Bonchev–Trinajstić information content (AvgIpc) is 3.26. The fraction of sp³-hybridized carbons (Fsp3) is 0.579. The highest BCUT2D eigenvalue weighted by atomic mass is 35.5. The van der Waals surface area contributed by atoms with Crippen LogP contribution in [0.1, 0.15) is 44.0 Å². The van der Waals surface area contributed by atoms with Crippen LogP contribution < -0.4 is 0 Å². The number of halogens is 1. The van der Waals surface area contributed by atoms with Gasteiger partial charge in [-0.05, 0) is 45.1 Å². The Labute approximate surface area is 152 Å². The molecule has 1 aliphatic heterocycles. The van der Waals surface area contributed by atoms with E-state index in [0.29, 0.717) is 5.15 Å². The van der Waals surface area contributed by atoms with Crippen LogP contribution in [0.3, 0.4) is 0 Å². The van der Waals surface area contributed by atoms with Crippen molar-refractivity contribution in [2.75, 3.05) is 0 Å². The molecule has 1 saturated carbocycles. The Morgan fingerprint density at radius 3 is 2.88 bits per heavy atom. The number of hydrogen-bond donors (Lipinski definition) is 0. The monoisotopic (exact) mass is 359 g/mol. The molecular weight excluding hydrogens is 338 g/mol. The molecule has 0 spiro atoms. The van der Waals surface area contributed by atoms with Crippen molar-refractivity contribution in [3.63, 3.8) is 0 Å². The van der Waals surface area contributed by atoms with Gasteiger partial charge in [-0.2, -0.15) is 0 Å². The summed E-state index contributed by atoms with van der Waals surface area (Å²) in [6.45, 7) is 8.00.